The molecule has 1 amide bonds. The molecule has 0 radical (unpaired) electrons. The lowest BCUT2D eigenvalue weighted by molar-refractivity contribution is -0.127. The molecular formula is C17H29N5OS. The molecule has 0 saturated heterocycles. The molecule has 0 aliphatic heterocycles. The lowest BCUT2D eigenvalue weighted by Gasteiger charge is -2.24. The fourth-order valence-electron chi connectivity index (χ4n) is 2.56. The first kappa shape index (κ1) is 18.7. The van der Waals surface area contributed by atoms with Gasteiger partial charge in [0.05, 0.1) is 17.2 Å². The Morgan fingerprint density at radius 3 is 2.83 bits per heavy atom. The van der Waals surface area contributed by atoms with Crippen molar-refractivity contribution < 1.29 is 4.79 Å². The van der Waals surface area contributed by atoms with Crippen molar-refractivity contribution in [2.24, 2.45) is 10.9 Å². The van der Waals surface area contributed by atoms with Crippen LogP contribution in [-0.4, -0.2) is 48.4 Å². The van der Waals surface area contributed by atoms with Crippen LogP contribution < -0.4 is 10.6 Å². The molecule has 2 N–H and O–H groups in total. The van der Waals surface area contributed by atoms with Crippen LogP contribution in [-0.2, 0) is 11.3 Å². The topological polar surface area (TPSA) is 69.6 Å². The van der Waals surface area contributed by atoms with E-state index in [9.17, 15) is 4.79 Å². The summed E-state index contributed by atoms with van der Waals surface area (Å²) in [6.07, 6.45) is 4.15. The van der Waals surface area contributed by atoms with E-state index in [-0.39, 0.29) is 11.8 Å². The highest BCUT2D eigenvalue weighted by Crippen LogP contribution is 2.26. The second kappa shape index (κ2) is 9.61. The second-order valence-electron chi connectivity index (χ2n) is 6.22. The number of carbonyl (C=O) groups is 1. The SMILES string of the molecule is CCNC(=NCCCNC(=O)C1CCC1)N(C)Cc1csc(C)n1. The van der Waals surface area contributed by atoms with E-state index in [1.54, 1.807) is 11.3 Å². The summed E-state index contributed by atoms with van der Waals surface area (Å²) < 4.78 is 0. The summed E-state index contributed by atoms with van der Waals surface area (Å²) in [4.78, 5) is 23.0. The van der Waals surface area contributed by atoms with E-state index < -0.39 is 0 Å². The van der Waals surface area contributed by atoms with Crippen molar-refractivity contribution in [2.75, 3.05) is 26.7 Å². The normalized spacial score (nSPS) is 15.0. The molecule has 6 nitrogen and oxygen atoms in total. The largest absolute Gasteiger partial charge is 0.357 e. The Balaban J connectivity index is 1.73. The average molecular weight is 352 g/mol. The molecule has 1 fully saturated rings. The summed E-state index contributed by atoms with van der Waals surface area (Å²) in [7, 11) is 2.02. The van der Waals surface area contributed by atoms with Gasteiger partial charge in [0.15, 0.2) is 5.96 Å². The Morgan fingerprint density at radius 2 is 2.25 bits per heavy atom. The number of hydrogen-bond donors (Lipinski definition) is 2. The molecule has 134 valence electrons. The zero-order valence-corrected chi connectivity index (χ0v) is 15.8. The number of nitrogens with zero attached hydrogens (tertiary/aromatic N) is 3. The summed E-state index contributed by atoms with van der Waals surface area (Å²) >= 11 is 1.67. The van der Waals surface area contributed by atoms with Crippen molar-refractivity contribution in [2.45, 2.75) is 46.1 Å². The van der Waals surface area contributed by atoms with Crippen LogP contribution in [0.3, 0.4) is 0 Å². The van der Waals surface area contributed by atoms with Gasteiger partial charge in [0, 0.05) is 38.0 Å². The lowest BCUT2D eigenvalue weighted by Crippen LogP contribution is -2.39. The summed E-state index contributed by atoms with van der Waals surface area (Å²) in [6, 6.07) is 0. The van der Waals surface area contributed by atoms with Crippen LogP contribution in [0.4, 0.5) is 0 Å². The van der Waals surface area contributed by atoms with Gasteiger partial charge in [-0.15, -0.1) is 11.3 Å². The zero-order valence-electron chi connectivity index (χ0n) is 15.0. The maximum absolute atomic E-state index is 11.8. The minimum Gasteiger partial charge on any atom is -0.357 e. The number of aryl methyl sites for hydroxylation is 1. The van der Waals surface area contributed by atoms with Crippen molar-refractivity contribution >= 4 is 23.2 Å². The van der Waals surface area contributed by atoms with E-state index in [0.29, 0.717) is 13.1 Å². The monoisotopic (exact) mass is 351 g/mol. The number of guanidine groups is 1. The molecule has 0 aromatic carbocycles. The van der Waals surface area contributed by atoms with E-state index >= 15 is 0 Å². The first-order chi connectivity index (χ1) is 11.6. The predicted octanol–water partition coefficient (Wildman–Crippen LogP) is 2.16. The molecule has 1 saturated carbocycles. The highest BCUT2D eigenvalue weighted by molar-refractivity contribution is 7.09. The first-order valence-electron chi connectivity index (χ1n) is 8.78. The summed E-state index contributed by atoms with van der Waals surface area (Å²) in [5.41, 5.74) is 1.07. The highest BCUT2D eigenvalue weighted by Gasteiger charge is 2.24. The van der Waals surface area contributed by atoms with Crippen molar-refractivity contribution in [1.82, 2.24) is 20.5 Å². The third-order valence-electron chi connectivity index (χ3n) is 4.13. The molecular weight excluding hydrogens is 322 g/mol. The van der Waals surface area contributed by atoms with Gasteiger partial charge in [-0.25, -0.2) is 4.98 Å². The molecule has 1 aromatic rings. The number of rotatable bonds is 8. The van der Waals surface area contributed by atoms with Gasteiger partial charge in [-0.05, 0) is 33.1 Å². The van der Waals surface area contributed by atoms with Gasteiger partial charge in [-0.2, -0.15) is 0 Å². The number of carbonyl (C=O) groups excluding carboxylic acids is 1. The van der Waals surface area contributed by atoms with E-state index in [2.05, 4.69) is 37.8 Å². The van der Waals surface area contributed by atoms with Crippen LogP contribution >= 0.6 is 11.3 Å². The number of hydrogen-bond acceptors (Lipinski definition) is 4. The lowest BCUT2D eigenvalue weighted by atomic mass is 9.85. The molecule has 1 aliphatic carbocycles. The third kappa shape index (κ3) is 5.78. The molecule has 0 spiro atoms. The maximum Gasteiger partial charge on any atom is 0.223 e. The van der Waals surface area contributed by atoms with Gasteiger partial charge in [0.2, 0.25) is 5.91 Å². The summed E-state index contributed by atoms with van der Waals surface area (Å²) in [5, 5.41) is 9.50. The number of nitrogens with one attached hydrogen (secondary N) is 2. The molecule has 1 aromatic heterocycles. The van der Waals surface area contributed by atoms with Crippen LogP contribution in [0.25, 0.3) is 0 Å². The molecule has 0 unspecified atom stereocenters. The maximum atomic E-state index is 11.8. The average Bonchev–Trinajstić information content (AvgIpc) is 2.89. The quantitative estimate of drug-likeness (QED) is 0.428. The van der Waals surface area contributed by atoms with Crippen molar-refractivity contribution in [1.29, 1.82) is 0 Å². The fourth-order valence-corrected chi connectivity index (χ4v) is 3.16. The third-order valence-corrected chi connectivity index (χ3v) is 4.96. The van der Waals surface area contributed by atoms with Crippen LogP contribution in [0.5, 0.6) is 0 Å². The van der Waals surface area contributed by atoms with Crippen molar-refractivity contribution in [3.63, 3.8) is 0 Å². The van der Waals surface area contributed by atoms with Crippen molar-refractivity contribution in [3.05, 3.63) is 16.1 Å². The Morgan fingerprint density at radius 1 is 1.46 bits per heavy atom. The minimum atomic E-state index is 0.216. The second-order valence-corrected chi connectivity index (χ2v) is 7.28. The van der Waals surface area contributed by atoms with Gasteiger partial charge in [0.1, 0.15) is 0 Å². The minimum absolute atomic E-state index is 0.216. The Kier molecular flexibility index (Phi) is 7.49. The van der Waals surface area contributed by atoms with Crippen LogP contribution in [0.1, 0.15) is 43.3 Å². The molecule has 24 heavy (non-hydrogen) atoms. The van der Waals surface area contributed by atoms with Crippen LogP contribution in [0.15, 0.2) is 10.4 Å². The number of thiazole rings is 1. The van der Waals surface area contributed by atoms with Gasteiger partial charge in [-0.1, -0.05) is 6.42 Å². The smallest absolute Gasteiger partial charge is 0.223 e. The molecule has 0 bridgehead atoms. The van der Waals surface area contributed by atoms with Crippen LogP contribution in [0, 0.1) is 12.8 Å². The Labute approximate surface area is 148 Å². The first-order valence-corrected chi connectivity index (χ1v) is 9.66. The highest BCUT2D eigenvalue weighted by atomic mass is 32.1. The number of amides is 1. The van der Waals surface area contributed by atoms with Crippen molar-refractivity contribution in [3.8, 4) is 0 Å². The summed E-state index contributed by atoms with van der Waals surface area (Å²) in [5.74, 6) is 1.36. The summed E-state index contributed by atoms with van der Waals surface area (Å²) in [6.45, 7) is 7.06. The standard InChI is InChI=1S/C17H29N5OS/c1-4-18-17(22(3)11-15-12-24-13(2)21-15)20-10-6-9-19-16(23)14-7-5-8-14/h12,14H,4-11H2,1-3H3,(H,18,20)(H,19,23). The molecule has 2 rings (SSSR count). The number of aliphatic imine (C=N–C) groups is 1. The van der Waals surface area contributed by atoms with Gasteiger partial charge < -0.3 is 15.5 Å². The zero-order chi connectivity index (χ0) is 17.4. The fraction of sp³-hybridized carbons (Fsp3) is 0.706. The van der Waals surface area contributed by atoms with E-state index in [0.717, 1.165) is 49.0 Å². The van der Waals surface area contributed by atoms with Gasteiger partial charge >= 0.3 is 0 Å². The Hall–Kier alpha value is -1.63. The Bertz CT molecular complexity index is 553. The van der Waals surface area contributed by atoms with E-state index in [1.165, 1.54) is 6.42 Å². The van der Waals surface area contributed by atoms with Crippen LogP contribution in [0.2, 0.25) is 0 Å². The number of aromatic nitrogens is 1. The van der Waals surface area contributed by atoms with Gasteiger partial charge in [0.25, 0.3) is 0 Å². The molecule has 0 atom stereocenters. The molecule has 1 aliphatic rings. The van der Waals surface area contributed by atoms with E-state index in [4.69, 9.17) is 0 Å². The molecule has 1 heterocycles. The van der Waals surface area contributed by atoms with E-state index in [1.807, 2.05) is 14.0 Å². The predicted molar refractivity (Wildman–Crippen MR) is 99.3 cm³/mol. The molecule has 7 heteroatoms. The van der Waals surface area contributed by atoms with Gasteiger partial charge in [-0.3, -0.25) is 9.79 Å².